The monoisotopic (exact) mass is 392 g/mol. The van der Waals surface area contributed by atoms with E-state index in [2.05, 4.69) is 10.1 Å². The van der Waals surface area contributed by atoms with Gasteiger partial charge >= 0.3 is 6.61 Å². The first kappa shape index (κ1) is 19.2. The molecule has 3 rings (SSSR count). The third-order valence-corrected chi connectivity index (χ3v) is 5.07. The van der Waals surface area contributed by atoms with Crippen LogP contribution in [0.4, 0.5) is 14.5 Å². The van der Waals surface area contributed by atoms with Gasteiger partial charge in [0.25, 0.3) is 5.91 Å². The zero-order valence-corrected chi connectivity index (χ0v) is 15.3. The van der Waals surface area contributed by atoms with E-state index in [0.29, 0.717) is 22.9 Å². The van der Waals surface area contributed by atoms with E-state index >= 15 is 0 Å². The van der Waals surface area contributed by atoms with Gasteiger partial charge in [0.15, 0.2) is 0 Å². The summed E-state index contributed by atoms with van der Waals surface area (Å²) in [6.45, 7) is -0.991. The second-order valence-electron chi connectivity index (χ2n) is 6.05. The second kappa shape index (κ2) is 8.39. The molecule has 0 bridgehead atoms. The highest BCUT2D eigenvalue weighted by atomic mass is 32.2. The van der Waals surface area contributed by atoms with Gasteiger partial charge < -0.3 is 15.0 Å². The number of carbonyl (C=O) groups excluding carboxylic acids is 2. The predicted octanol–water partition coefficient (Wildman–Crippen LogP) is 3.75. The van der Waals surface area contributed by atoms with Crippen molar-refractivity contribution in [3.63, 3.8) is 0 Å². The van der Waals surface area contributed by atoms with Gasteiger partial charge in [0.1, 0.15) is 11.8 Å². The molecule has 2 aromatic carbocycles. The number of hydrogen-bond acceptors (Lipinski definition) is 4. The van der Waals surface area contributed by atoms with E-state index in [1.165, 1.54) is 40.9 Å². The number of carbonyl (C=O) groups is 2. The van der Waals surface area contributed by atoms with E-state index in [9.17, 15) is 18.4 Å². The van der Waals surface area contributed by atoms with Gasteiger partial charge in [0, 0.05) is 17.0 Å². The molecule has 0 radical (unpaired) electrons. The molecule has 1 N–H and O–H groups in total. The SMILES string of the molecule is Cc1cccc(NC(=O)C2CSCN2C(=O)c2ccc(OC(F)F)cc2)c1. The van der Waals surface area contributed by atoms with Crippen LogP contribution in [0.2, 0.25) is 0 Å². The average molecular weight is 392 g/mol. The largest absolute Gasteiger partial charge is 0.435 e. The number of alkyl halides is 2. The minimum atomic E-state index is -2.92. The molecule has 0 spiro atoms. The van der Waals surface area contributed by atoms with Crippen LogP contribution in [-0.2, 0) is 4.79 Å². The van der Waals surface area contributed by atoms with Gasteiger partial charge in [-0.15, -0.1) is 11.8 Å². The molecule has 5 nitrogen and oxygen atoms in total. The molecule has 1 heterocycles. The molecule has 8 heteroatoms. The highest BCUT2D eigenvalue weighted by Gasteiger charge is 2.35. The normalized spacial score (nSPS) is 16.4. The highest BCUT2D eigenvalue weighted by molar-refractivity contribution is 7.99. The van der Waals surface area contributed by atoms with Crippen LogP contribution < -0.4 is 10.1 Å². The fourth-order valence-electron chi connectivity index (χ4n) is 2.75. The van der Waals surface area contributed by atoms with E-state index in [1.807, 2.05) is 25.1 Å². The van der Waals surface area contributed by atoms with Crippen molar-refractivity contribution in [1.29, 1.82) is 0 Å². The van der Waals surface area contributed by atoms with Crippen molar-refractivity contribution in [2.45, 2.75) is 19.6 Å². The first-order chi connectivity index (χ1) is 12.9. The molecule has 2 aromatic rings. The van der Waals surface area contributed by atoms with Gasteiger partial charge in [-0.1, -0.05) is 12.1 Å². The summed E-state index contributed by atoms with van der Waals surface area (Å²) in [5.41, 5.74) is 2.01. The molecule has 0 aliphatic carbocycles. The van der Waals surface area contributed by atoms with Crippen molar-refractivity contribution in [3.05, 3.63) is 59.7 Å². The third-order valence-electron chi connectivity index (χ3n) is 4.06. The lowest BCUT2D eigenvalue weighted by atomic mass is 10.1. The number of aryl methyl sites for hydroxylation is 1. The fourth-order valence-corrected chi connectivity index (χ4v) is 3.91. The summed E-state index contributed by atoms with van der Waals surface area (Å²) < 4.78 is 28.7. The number of anilines is 1. The molecule has 0 aromatic heterocycles. The van der Waals surface area contributed by atoms with E-state index < -0.39 is 12.7 Å². The van der Waals surface area contributed by atoms with Gasteiger partial charge in [-0.25, -0.2) is 0 Å². The van der Waals surface area contributed by atoms with Crippen LogP contribution in [0, 0.1) is 6.92 Å². The number of amides is 2. The van der Waals surface area contributed by atoms with Crippen molar-refractivity contribution in [2.75, 3.05) is 16.9 Å². The van der Waals surface area contributed by atoms with Crippen molar-refractivity contribution >= 4 is 29.3 Å². The predicted molar refractivity (Wildman–Crippen MR) is 100 cm³/mol. The molecule has 0 saturated carbocycles. The Morgan fingerprint density at radius 2 is 1.96 bits per heavy atom. The zero-order valence-electron chi connectivity index (χ0n) is 14.5. The summed E-state index contributed by atoms with van der Waals surface area (Å²) >= 11 is 1.49. The Hall–Kier alpha value is -2.61. The molecule has 1 atom stereocenters. The quantitative estimate of drug-likeness (QED) is 0.842. The third kappa shape index (κ3) is 4.77. The minimum absolute atomic E-state index is 0.0221. The van der Waals surface area contributed by atoms with Crippen LogP contribution in [0.1, 0.15) is 15.9 Å². The van der Waals surface area contributed by atoms with E-state index in [4.69, 9.17) is 0 Å². The minimum Gasteiger partial charge on any atom is -0.435 e. The molecule has 142 valence electrons. The van der Waals surface area contributed by atoms with Gasteiger partial charge in [-0.2, -0.15) is 8.78 Å². The lowest BCUT2D eigenvalue weighted by Crippen LogP contribution is -2.44. The number of halogens is 2. The number of ether oxygens (including phenoxy) is 1. The van der Waals surface area contributed by atoms with Gasteiger partial charge in [0.05, 0.1) is 5.88 Å². The van der Waals surface area contributed by atoms with E-state index in [-0.39, 0.29) is 17.6 Å². The van der Waals surface area contributed by atoms with Crippen LogP contribution >= 0.6 is 11.8 Å². The molecule has 27 heavy (non-hydrogen) atoms. The maximum absolute atomic E-state index is 12.7. The average Bonchev–Trinajstić information content (AvgIpc) is 3.11. The highest BCUT2D eigenvalue weighted by Crippen LogP contribution is 2.25. The molecule has 1 aliphatic rings. The van der Waals surface area contributed by atoms with Gasteiger partial charge in [-0.05, 0) is 48.9 Å². The standard InChI is InChI=1S/C19H18F2N2O3S/c1-12-3-2-4-14(9-12)22-17(24)16-10-27-11-23(16)18(25)13-5-7-15(8-6-13)26-19(20)21/h2-9,16,19H,10-11H2,1H3,(H,22,24). The number of nitrogens with one attached hydrogen (secondary N) is 1. The van der Waals surface area contributed by atoms with Crippen LogP contribution in [0.5, 0.6) is 5.75 Å². The molecule has 1 unspecified atom stereocenters. The lowest BCUT2D eigenvalue weighted by molar-refractivity contribution is -0.119. The van der Waals surface area contributed by atoms with Crippen LogP contribution in [0.25, 0.3) is 0 Å². The van der Waals surface area contributed by atoms with Crippen LogP contribution in [0.15, 0.2) is 48.5 Å². The van der Waals surface area contributed by atoms with Gasteiger partial charge in [0.2, 0.25) is 5.91 Å². The Balaban J connectivity index is 1.69. The van der Waals surface area contributed by atoms with E-state index in [0.717, 1.165) is 5.56 Å². The number of hydrogen-bond donors (Lipinski definition) is 1. The Kier molecular flexibility index (Phi) is 5.95. The molecule has 1 aliphatic heterocycles. The van der Waals surface area contributed by atoms with Crippen molar-refractivity contribution in [1.82, 2.24) is 4.90 Å². The Morgan fingerprint density at radius 3 is 2.63 bits per heavy atom. The lowest BCUT2D eigenvalue weighted by Gasteiger charge is -2.23. The Bertz CT molecular complexity index is 830. The number of benzene rings is 2. The second-order valence-corrected chi connectivity index (χ2v) is 7.05. The topological polar surface area (TPSA) is 58.6 Å². The maximum Gasteiger partial charge on any atom is 0.387 e. The zero-order chi connectivity index (χ0) is 19.4. The molecule has 1 saturated heterocycles. The van der Waals surface area contributed by atoms with Gasteiger partial charge in [-0.3, -0.25) is 9.59 Å². The van der Waals surface area contributed by atoms with Crippen molar-refractivity contribution < 1.29 is 23.1 Å². The summed E-state index contributed by atoms with van der Waals surface area (Å²) in [4.78, 5) is 26.9. The summed E-state index contributed by atoms with van der Waals surface area (Å²) in [7, 11) is 0. The molecular weight excluding hydrogens is 374 g/mol. The molecular formula is C19H18F2N2O3S. The van der Waals surface area contributed by atoms with E-state index in [1.54, 1.807) is 6.07 Å². The number of thioether (sulfide) groups is 1. The molecule has 2 amide bonds. The first-order valence-electron chi connectivity index (χ1n) is 8.25. The summed E-state index contributed by atoms with van der Waals surface area (Å²) in [5.74, 6) is 0.284. The first-order valence-corrected chi connectivity index (χ1v) is 9.40. The summed E-state index contributed by atoms with van der Waals surface area (Å²) in [6.07, 6.45) is 0. The summed E-state index contributed by atoms with van der Waals surface area (Å²) in [5, 5.41) is 2.84. The molecule has 1 fully saturated rings. The number of nitrogens with zero attached hydrogens (tertiary/aromatic N) is 1. The van der Waals surface area contributed by atoms with Crippen LogP contribution in [0.3, 0.4) is 0 Å². The number of rotatable bonds is 5. The van der Waals surface area contributed by atoms with Crippen LogP contribution in [-0.4, -0.2) is 41.0 Å². The Morgan fingerprint density at radius 1 is 1.22 bits per heavy atom. The van der Waals surface area contributed by atoms with Crippen molar-refractivity contribution in [3.8, 4) is 5.75 Å². The van der Waals surface area contributed by atoms with Crippen molar-refractivity contribution in [2.24, 2.45) is 0 Å². The fraction of sp³-hybridized carbons (Fsp3) is 0.263. The Labute approximate surface area is 159 Å². The summed E-state index contributed by atoms with van der Waals surface area (Å²) in [6, 6.07) is 12.3. The maximum atomic E-state index is 12.7. The smallest absolute Gasteiger partial charge is 0.387 e.